The van der Waals surface area contributed by atoms with E-state index in [0.717, 1.165) is 5.56 Å². The Morgan fingerprint density at radius 2 is 1.65 bits per heavy atom. The van der Waals surface area contributed by atoms with Crippen LogP contribution in [0.25, 0.3) is 5.76 Å². The van der Waals surface area contributed by atoms with Crippen molar-refractivity contribution in [2.75, 3.05) is 12.0 Å². The number of amides is 1. The number of aliphatic hydroxyl groups is 1. The fourth-order valence-corrected chi connectivity index (χ4v) is 4.21. The topological polar surface area (TPSA) is 107 Å². The highest BCUT2D eigenvalue weighted by molar-refractivity contribution is 6.51. The molecule has 7 heteroatoms. The smallest absolute Gasteiger partial charge is 0.300 e. The fraction of sp³-hybridized carbons (Fsp3) is 0.185. The molecule has 3 aromatic rings. The molecule has 4 rings (SSSR count). The first-order chi connectivity index (χ1) is 16.2. The van der Waals surface area contributed by atoms with E-state index in [1.807, 2.05) is 13.8 Å². The van der Waals surface area contributed by atoms with Crippen molar-refractivity contribution in [1.29, 1.82) is 0 Å². The van der Waals surface area contributed by atoms with E-state index in [1.165, 1.54) is 29.2 Å². The van der Waals surface area contributed by atoms with E-state index in [-0.39, 0.29) is 34.4 Å². The molecule has 1 unspecified atom stereocenters. The number of hydrogen-bond donors (Lipinski definition) is 3. The molecule has 1 atom stereocenters. The number of aliphatic hydroxyl groups excluding tert-OH is 1. The van der Waals surface area contributed by atoms with Crippen LogP contribution < -0.4 is 9.64 Å². The van der Waals surface area contributed by atoms with Crippen LogP contribution in [0.15, 0.2) is 72.3 Å². The third kappa shape index (κ3) is 3.85. The lowest BCUT2D eigenvalue weighted by Gasteiger charge is -2.26. The summed E-state index contributed by atoms with van der Waals surface area (Å²) in [7, 11) is 1.56. The molecule has 0 saturated carbocycles. The van der Waals surface area contributed by atoms with Crippen LogP contribution in [0.4, 0.5) is 5.69 Å². The van der Waals surface area contributed by atoms with E-state index in [4.69, 9.17) is 4.74 Å². The number of phenols is 2. The summed E-state index contributed by atoms with van der Waals surface area (Å²) >= 11 is 0. The highest BCUT2D eigenvalue weighted by atomic mass is 16.5. The first-order valence-electron chi connectivity index (χ1n) is 10.8. The molecule has 1 aliphatic rings. The number of methoxy groups -OCH3 is 1. The number of rotatable bonds is 5. The molecule has 1 amide bonds. The number of carbonyl (C=O) groups is 2. The Morgan fingerprint density at radius 3 is 2.26 bits per heavy atom. The van der Waals surface area contributed by atoms with E-state index < -0.39 is 17.7 Å². The maximum Gasteiger partial charge on any atom is 0.300 e. The lowest BCUT2D eigenvalue weighted by molar-refractivity contribution is -0.132. The van der Waals surface area contributed by atoms with Crippen LogP contribution >= 0.6 is 0 Å². The van der Waals surface area contributed by atoms with Crippen LogP contribution in [0, 0.1) is 0 Å². The van der Waals surface area contributed by atoms with Gasteiger partial charge in [0.2, 0.25) is 0 Å². The summed E-state index contributed by atoms with van der Waals surface area (Å²) in [6.07, 6.45) is 0. The SMILES string of the molecule is COc1ccc(/C(O)=C2/C(=O)C(=O)N(c3ccccc3O)C2c2ccc(O)cc2)cc1C(C)C. The number of ketones is 1. The van der Waals surface area contributed by atoms with Gasteiger partial charge in [-0.25, -0.2) is 0 Å². The second kappa shape index (κ2) is 8.94. The van der Waals surface area contributed by atoms with Gasteiger partial charge < -0.3 is 20.1 Å². The Labute approximate surface area is 197 Å². The van der Waals surface area contributed by atoms with Crippen LogP contribution in [0.2, 0.25) is 0 Å². The van der Waals surface area contributed by atoms with Gasteiger partial charge in [-0.3, -0.25) is 14.5 Å². The van der Waals surface area contributed by atoms with Crippen LogP contribution in [-0.2, 0) is 9.59 Å². The average molecular weight is 459 g/mol. The van der Waals surface area contributed by atoms with Gasteiger partial charge in [-0.2, -0.15) is 0 Å². The third-order valence-corrected chi connectivity index (χ3v) is 5.92. The van der Waals surface area contributed by atoms with Gasteiger partial charge >= 0.3 is 0 Å². The Kier molecular flexibility index (Phi) is 6.03. The Bertz CT molecular complexity index is 1290. The predicted octanol–water partition coefficient (Wildman–Crippen LogP) is 4.86. The zero-order chi connectivity index (χ0) is 24.6. The van der Waals surface area contributed by atoms with Crippen LogP contribution in [0.1, 0.15) is 42.5 Å². The molecule has 1 aliphatic heterocycles. The minimum atomic E-state index is -1.02. The standard InChI is InChI=1S/C27H25NO6/c1-15(2)19-14-17(10-13-22(19)34-3)25(31)23-24(16-8-11-18(29)12-9-16)28(27(33)26(23)32)20-6-4-5-7-21(20)30/h4-15,24,29-31H,1-3H3/b25-23-. The highest BCUT2D eigenvalue weighted by Crippen LogP contribution is 2.45. The molecule has 0 radical (unpaired) electrons. The zero-order valence-corrected chi connectivity index (χ0v) is 19.0. The van der Waals surface area contributed by atoms with Gasteiger partial charge in [0.15, 0.2) is 0 Å². The van der Waals surface area contributed by atoms with E-state index in [0.29, 0.717) is 16.9 Å². The molecule has 34 heavy (non-hydrogen) atoms. The number of carbonyl (C=O) groups excluding carboxylic acids is 2. The summed E-state index contributed by atoms with van der Waals surface area (Å²) < 4.78 is 5.42. The fourth-order valence-electron chi connectivity index (χ4n) is 4.21. The van der Waals surface area contributed by atoms with Gasteiger partial charge in [0.25, 0.3) is 11.7 Å². The number of hydrogen-bond acceptors (Lipinski definition) is 6. The van der Waals surface area contributed by atoms with Crippen molar-refractivity contribution < 1.29 is 29.6 Å². The van der Waals surface area contributed by atoms with Gasteiger partial charge in [-0.1, -0.05) is 38.1 Å². The molecule has 174 valence electrons. The Balaban J connectivity index is 1.96. The molecule has 7 nitrogen and oxygen atoms in total. The van der Waals surface area contributed by atoms with Crippen LogP contribution in [-0.4, -0.2) is 34.1 Å². The number of para-hydroxylation sites is 2. The van der Waals surface area contributed by atoms with E-state index in [1.54, 1.807) is 49.6 Å². The number of benzene rings is 3. The normalized spacial score (nSPS) is 17.4. The molecular formula is C27H25NO6. The largest absolute Gasteiger partial charge is 0.508 e. The predicted molar refractivity (Wildman–Crippen MR) is 128 cm³/mol. The summed E-state index contributed by atoms with van der Waals surface area (Å²) in [6, 6.07) is 16.3. The summed E-state index contributed by atoms with van der Waals surface area (Å²) in [5.41, 5.74) is 1.71. The number of nitrogens with zero attached hydrogens (tertiary/aromatic N) is 1. The Hall–Kier alpha value is -4.26. The third-order valence-electron chi connectivity index (χ3n) is 5.92. The van der Waals surface area contributed by atoms with E-state index >= 15 is 0 Å². The molecule has 0 spiro atoms. The van der Waals surface area contributed by atoms with Gasteiger partial charge in [-0.05, 0) is 59.5 Å². The van der Waals surface area contributed by atoms with Crippen molar-refractivity contribution in [1.82, 2.24) is 0 Å². The van der Waals surface area contributed by atoms with Crippen molar-refractivity contribution in [2.24, 2.45) is 0 Å². The number of aromatic hydroxyl groups is 2. The second-order valence-electron chi connectivity index (χ2n) is 8.36. The molecule has 0 bridgehead atoms. The van der Waals surface area contributed by atoms with Crippen LogP contribution in [0.5, 0.6) is 17.2 Å². The number of ether oxygens (including phenoxy) is 1. The molecule has 1 fully saturated rings. The monoisotopic (exact) mass is 459 g/mol. The minimum absolute atomic E-state index is 0.0139. The quantitative estimate of drug-likeness (QED) is 0.286. The molecule has 3 aromatic carbocycles. The average Bonchev–Trinajstić information content (AvgIpc) is 3.09. The summed E-state index contributed by atoms with van der Waals surface area (Å²) in [4.78, 5) is 27.6. The number of phenolic OH excluding ortho intramolecular Hbond substituents is 2. The summed E-state index contributed by atoms with van der Waals surface area (Å²) in [5.74, 6) is -1.52. The first-order valence-corrected chi connectivity index (χ1v) is 10.8. The van der Waals surface area contributed by atoms with Gasteiger partial charge in [0.1, 0.15) is 23.0 Å². The summed E-state index contributed by atoms with van der Waals surface area (Å²) in [5, 5.41) is 31.5. The number of anilines is 1. The van der Waals surface area contributed by atoms with Crippen molar-refractivity contribution >= 4 is 23.1 Å². The second-order valence-corrected chi connectivity index (χ2v) is 8.36. The van der Waals surface area contributed by atoms with E-state index in [9.17, 15) is 24.9 Å². The maximum atomic E-state index is 13.2. The molecule has 0 aliphatic carbocycles. The minimum Gasteiger partial charge on any atom is -0.508 e. The maximum absolute atomic E-state index is 13.2. The van der Waals surface area contributed by atoms with Crippen molar-refractivity contribution in [3.8, 4) is 17.2 Å². The molecule has 1 heterocycles. The number of Topliss-reactive ketones (excluding diaryl/α,β-unsaturated/α-hetero) is 1. The van der Waals surface area contributed by atoms with Gasteiger partial charge in [-0.15, -0.1) is 0 Å². The molecule has 3 N–H and O–H groups in total. The lowest BCUT2D eigenvalue weighted by atomic mass is 9.93. The van der Waals surface area contributed by atoms with Gasteiger partial charge in [0.05, 0.1) is 24.4 Å². The van der Waals surface area contributed by atoms with Crippen molar-refractivity contribution in [3.63, 3.8) is 0 Å². The zero-order valence-electron chi connectivity index (χ0n) is 19.0. The molecular weight excluding hydrogens is 434 g/mol. The molecule has 0 aromatic heterocycles. The lowest BCUT2D eigenvalue weighted by Crippen LogP contribution is -2.29. The highest BCUT2D eigenvalue weighted by Gasteiger charge is 2.47. The van der Waals surface area contributed by atoms with Crippen LogP contribution in [0.3, 0.4) is 0 Å². The van der Waals surface area contributed by atoms with Crippen molar-refractivity contribution in [2.45, 2.75) is 25.8 Å². The van der Waals surface area contributed by atoms with E-state index in [2.05, 4.69) is 0 Å². The van der Waals surface area contributed by atoms with Gasteiger partial charge in [0, 0.05) is 5.56 Å². The van der Waals surface area contributed by atoms with Crippen molar-refractivity contribution in [3.05, 3.63) is 89.0 Å². The first kappa shape index (κ1) is 22.9. The summed E-state index contributed by atoms with van der Waals surface area (Å²) in [6.45, 7) is 3.96. The Morgan fingerprint density at radius 1 is 0.971 bits per heavy atom. The molecule has 1 saturated heterocycles.